The molecule has 6 nitrogen and oxygen atoms in total. The van der Waals surface area contributed by atoms with Crippen molar-refractivity contribution in [2.75, 3.05) is 7.11 Å². The molecule has 126 valence electrons. The van der Waals surface area contributed by atoms with E-state index in [1.54, 1.807) is 26.8 Å². The second-order valence-corrected chi connectivity index (χ2v) is 5.81. The molecule has 1 amide bonds. The number of aliphatic hydroxyl groups excluding tert-OH is 1. The normalized spacial score (nSPS) is 14.2. The van der Waals surface area contributed by atoms with Crippen LogP contribution >= 0.6 is 0 Å². The fourth-order valence-corrected chi connectivity index (χ4v) is 1.54. The molecule has 22 heavy (non-hydrogen) atoms. The molecule has 0 heterocycles. The molecule has 0 radical (unpaired) electrons. The average molecular weight is 313 g/mol. The van der Waals surface area contributed by atoms with Crippen molar-refractivity contribution in [2.45, 2.75) is 57.8 Å². The number of ether oxygens (including phenoxy) is 2. The number of methoxy groups -OCH3 is 1. The van der Waals surface area contributed by atoms with Gasteiger partial charge in [-0.3, -0.25) is 0 Å². The van der Waals surface area contributed by atoms with Gasteiger partial charge in [-0.15, -0.1) is 6.58 Å². The largest absolute Gasteiger partial charge is 0.467 e. The van der Waals surface area contributed by atoms with Crippen molar-refractivity contribution in [3.63, 3.8) is 0 Å². The van der Waals surface area contributed by atoms with Gasteiger partial charge < -0.3 is 19.9 Å². The highest BCUT2D eigenvalue weighted by molar-refractivity contribution is 5.81. The molecule has 0 spiro atoms. The van der Waals surface area contributed by atoms with Crippen LogP contribution in [0.1, 0.15) is 40.0 Å². The standard InChI is InChI=1S/C16H27NO5/c1-6-12(18)10-8-7-9-11-13(14(19)21-5)17-15(20)22-16(2,3)4/h6-7,9,12-13,18H,1,8,10-11H2,2-5H3,(H,17,20)/b9-7+/t12?,13-/m0/s1. The minimum Gasteiger partial charge on any atom is -0.467 e. The highest BCUT2D eigenvalue weighted by Gasteiger charge is 2.23. The number of hydrogen-bond donors (Lipinski definition) is 2. The third kappa shape index (κ3) is 9.99. The number of hydrogen-bond acceptors (Lipinski definition) is 5. The summed E-state index contributed by atoms with van der Waals surface area (Å²) < 4.78 is 9.77. The van der Waals surface area contributed by atoms with Gasteiger partial charge in [0.15, 0.2) is 0 Å². The molecule has 2 atom stereocenters. The highest BCUT2D eigenvalue weighted by Crippen LogP contribution is 2.08. The Kier molecular flexibility index (Phi) is 9.17. The van der Waals surface area contributed by atoms with E-state index in [0.29, 0.717) is 12.8 Å². The van der Waals surface area contributed by atoms with E-state index < -0.39 is 29.8 Å². The fraction of sp³-hybridized carbons (Fsp3) is 0.625. The van der Waals surface area contributed by atoms with Gasteiger partial charge in [-0.1, -0.05) is 18.2 Å². The lowest BCUT2D eigenvalue weighted by Gasteiger charge is -2.22. The quantitative estimate of drug-likeness (QED) is 0.530. The molecule has 0 aliphatic carbocycles. The summed E-state index contributed by atoms with van der Waals surface area (Å²) in [7, 11) is 1.26. The molecule has 1 unspecified atom stereocenters. The summed E-state index contributed by atoms with van der Waals surface area (Å²) >= 11 is 0. The first-order chi connectivity index (χ1) is 10.2. The number of aliphatic hydroxyl groups is 1. The highest BCUT2D eigenvalue weighted by atomic mass is 16.6. The van der Waals surface area contributed by atoms with Crippen LogP contribution in [0.2, 0.25) is 0 Å². The van der Waals surface area contributed by atoms with Gasteiger partial charge in [0, 0.05) is 0 Å². The number of carbonyl (C=O) groups excluding carboxylic acids is 2. The van der Waals surface area contributed by atoms with Crippen molar-refractivity contribution in [3.05, 3.63) is 24.8 Å². The van der Waals surface area contributed by atoms with E-state index in [1.165, 1.54) is 13.2 Å². The minimum atomic E-state index is -0.805. The average Bonchev–Trinajstić information content (AvgIpc) is 2.42. The fourth-order valence-electron chi connectivity index (χ4n) is 1.54. The molecule has 0 rings (SSSR count). The number of allylic oxidation sites excluding steroid dienone is 1. The van der Waals surface area contributed by atoms with Crippen LogP contribution in [0.4, 0.5) is 4.79 Å². The van der Waals surface area contributed by atoms with E-state index in [2.05, 4.69) is 16.6 Å². The summed E-state index contributed by atoms with van der Waals surface area (Å²) in [5.41, 5.74) is -0.637. The molecule has 0 aromatic rings. The molecule has 0 fully saturated rings. The Hall–Kier alpha value is -1.82. The maximum atomic E-state index is 11.7. The first-order valence-electron chi connectivity index (χ1n) is 7.22. The van der Waals surface area contributed by atoms with Crippen LogP contribution < -0.4 is 5.32 Å². The summed E-state index contributed by atoms with van der Waals surface area (Å²) in [4.78, 5) is 23.3. The Morgan fingerprint density at radius 2 is 1.95 bits per heavy atom. The second-order valence-electron chi connectivity index (χ2n) is 5.81. The minimum absolute atomic E-state index is 0.288. The molecular formula is C16H27NO5. The molecule has 0 aromatic heterocycles. The smallest absolute Gasteiger partial charge is 0.408 e. The van der Waals surface area contributed by atoms with Gasteiger partial charge in [-0.25, -0.2) is 9.59 Å². The van der Waals surface area contributed by atoms with Crippen LogP contribution in [-0.4, -0.2) is 42.0 Å². The first-order valence-corrected chi connectivity index (χ1v) is 7.22. The predicted molar refractivity (Wildman–Crippen MR) is 84.4 cm³/mol. The van der Waals surface area contributed by atoms with Crippen molar-refractivity contribution < 1.29 is 24.2 Å². The van der Waals surface area contributed by atoms with Crippen LogP contribution in [-0.2, 0) is 14.3 Å². The summed E-state index contributed by atoms with van der Waals surface area (Å²) in [6, 6.07) is -0.805. The van der Waals surface area contributed by atoms with Gasteiger partial charge in [0.2, 0.25) is 0 Å². The van der Waals surface area contributed by atoms with Gasteiger partial charge in [0.05, 0.1) is 13.2 Å². The van der Waals surface area contributed by atoms with Crippen LogP contribution in [0.15, 0.2) is 24.8 Å². The third-order valence-electron chi connectivity index (χ3n) is 2.62. The second kappa shape index (κ2) is 10.00. The van der Waals surface area contributed by atoms with E-state index in [0.717, 1.165) is 0 Å². The Labute approximate surface area is 132 Å². The van der Waals surface area contributed by atoms with Gasteiger partial charge >= 0.3 is 12.1 Å². The number of rotatable bonds is 8. The number of esters is 1. The number of nitrogens with one attached hydrogen (secondary N) is 1. The van der Waals surface area contributed by atoms with Crippen LogP contribution in [0, 0.1) is 0 Å². The molecular weight excluding hydrogens is 286 g/mol. The summed E-state index contributed by atoms with van der Waals surface area (Å²) in [5, 5.41) is 11.8. The first kappa shape index (κ1) is 20.2. The Morgan fingerprint density at radius 1 is 1.32 bits per heavy atom. The van der Waals surface area contributed by atoms with Crippen molar-refractivity contribution in [1.82, 2.24) is 5.32 Å². The maximum Gasteiger partial charge on any atom is 0.408 e. The van der Waals surface area contributed by atoms with Gasteiger partial charge in [0.25, 0.3) is 0 Å². The molecule has 0 saturated heterocycles. The van der Waals surface area contributed by atoms with Crippen LogP contribution in [0.5, 0.6) is 0 Å². The lowest BCUT2D eigenvalue weighted by atomic mass is 10.1. The number of amides is 1. The zero-order valence-electron chi connectivity index (χ0n) is 13.8. The Morgan fingerprint density at radius 3 is 2.45 bits per heavy atom. The molecule has 0 aliphatic heterocycles. The molecule has 2 N–H and O–H groups in total. The summed E-state index contributed by atoms with van der Waals surface area (Å²) in [5.74, 6) is -0.540. The number of alkyl carbamates (subject to hydrolysis) is 1. The van der Waals surface area contributed by atoms with Gasteiger partial charge in [0.1, 0.15) is 11.6 Å². The SMILES string of the molecule is C=CC(O)CC/C=C/C[C@H](NC(=O)OC(C)(C)C)C(=O)OC. The molecule has 0 aliphatic rings. The molecule has 0 aromatic carbocycles. The summed E-state index contributed by atoms with van der Waals surface area (Å²) in [6.45, 7) is 8.71. The monoisotopic (exact) mass is 313 g/mol. The lowest BCUT2D eigenvalue weighted by molar-refractivity contribution is -0.143. The van der Waals surface area contributed by atoms with E-state index in [1.807, 2.05) is 6.08 Å². The van der Waals surface area contributed by atoms with E-state index in [9.17, 15) is 14.7 Å². The molecule has 6 heteroatoms. The van der Waals surface area contributed by atoms with Crippen molar-refractivity contribution >= 4 is 12.1 Å². The summed E-state index contributed by atoms with van der Waals surface area (Å²) in [6.07, 6.45) is 5.34. The Balaban J connectivity index is 4.41. The van der Waals surface area contributed by atoms with E-state index in [-0.39, 0.29) is 6.42 Å². The number of carbonyl (C=O) groups is 2. The van der Waals surface area contributed by atoms with Gasteiger partial charge in [-0.05, 0) is 40.0 Å². The molecule has 0 saturated carbocycles. The van der Waals surface area contributed by atoms with Crippen molar-refractivity contribution in [2.24, 2.45) is 0 Å². The third-order valence-corrected chi connectivity index (χ3v) is 2.62. The maximum absolute atomic E-state index is 11.7. The van der Waals surface area contributed by atoms with Crippen molar-refractivity contribution in [1.29, 1.82) is 0 Å². The zero-order chi connectivity index (χ0) is 17.2. The van der Waals surface area contributed by atoms with E-state index in [4.69, 9.17) is 4.74 Å². The topological polar surface area (TPSA) is 84.9 Å². The van der Waals surface area contributed by atoms with Gasteiger partial charge in [-0.2, -0.15) is 0 Å². The predicted octanol–water partition coefficient (Wildman–Crippen LogP) is 2.33. The Bertz CT molecular complexity index is 398. The van der Waals surface area contributed by atoms with Crippen LogP contribution in [0.3, 0.4) is 0 Å². The zero-order valence-corrected chi connectivity index (χ0v) is 13.8. The van der Waals surface area contributed by atoms with Crippen molar-refractivity contribution in [3.8, 4) is 0 Å². The molecule has 0 bridgehead atoms. The van der Waals surface area contributed by atoms with Crippen LogP contribution in [0.25, 0.3) is 0 Å². The van der Waals surface area contributed by atoms with E-state index >= 15 is 0 Å². The lowest BCUT2D eigenvalue weighted by Crippen LogP contribution is -2.43.